The molecule has 0 saturated heterocycles. The minimum absolute atomic E-state index is 0.00579. The van der Waals surface area contributed by atoms with Crippen molar-refractivity contribution in [3.8, 4) is 0 Å². The van der Waals surface area contributed by atoms with Crippen LogP contribution in [0.5, 0.6) is 0 Å². The van der Waals surface area contributed by atoms with Crippen LogP contribution < -0.4 is 5.73 Å². The van der Waals surface area contributed by atoms with Gasteiger partial charge in [-0.25, -0.2) is 0 Å². The topological polar surface area (TPSA) is 75.0 Å². The zero-order valence-electron chi connectivity index (χ0n) is 12.9. The summed E-state index contributed by atoms with van der Waals surface area (Å²) in [6.07, 6.45) is 4.17. The molecule has 0 fully saturated rings. The Morgan fingerprint density at radius 3 is 2.52 bits per heavy atom. The number of nitrogens with two attached hydrogens (primary N) is 1. The van der Waals surface area contributed by atoms with Crippen LogP contribution in [-0.4, -0.2) is 34.1 Å². The molecule has 0 saturated carbocycles. The number of H-pyrrole nitrogens is 1. The number of carbonyl (C=O) groups excluding carboxylic acids is 1. The van der Waals surface area contributed by atoms with E-state index >= 15 is 0 Å². The molecule has 1 aromatic carbocycles. The number of anilines is 1. The molecule has 0 aliphatic rings. The third-order valence-corrected chi connectivity index (χ3v) is 3.64. The average Bonchev–Trinajstić information content (AvgIpc) is 2.89. The minimum Gasteiger partial charge on any atom is -0.399 e. The van der Waals surface area contributed by atoms with Crippen LogP contribution in [0.25, 0.3) is 10.9 Å². The van der Waals surface area contributed by atoms with Crippen molar-refractivity contribution < 1.29 is 4.79 Å². The van der Waals surface area contributed by atoms with Gasteiger partial charge in [-0.15, -0.1) is 0 Å². The molecule has 2 aromatic rings. The van der Waals surface area contributed by atoms with Gasteiger partial charge in [0.05, 0.1) is 5.52 Å². The van der Waals surface area contributed by atoms with Crippen LogP contribution in [0.1, 0.15) is 50.0 Å². The second kappa shape index (κ2) is 7.11. The van der Waals surface area contributed by atoms with E-state index in [1.54, 1.807) is 6.07 Å². The molecule has 5 heteroatoms. The van der Waals surface area contributed by atoms with Crippen molar-refractivity contribution in [3.05, 3.63) is 23.9 Å². The number of hydrogen-bond donors (Lipinski definition) is 2. The third-order valence-electron chi connectivity index (χ3n) is 3.64. The van der Waals surface area contributed by atoms with Gasteiger partial charge < -0.3 is 10.6 Å². The van der Waals surface area contributed by atoms with Crippen molar-refractivity contribution in [3.63, 3.8) is 0 Å². The maximum atomic E-state index is 12.7. The fraction of sp³-hybridized carbons (Fsp3) is 0.500. The summed E-state index contributed by atoms with van der Waals surface area (Å²) < 4.78 is 0. The average molecular weight is 288 g/mol. The lowest BCUT2D eigenvalue weighted by Gasteiger charge is -2.21. The van der Waals surface area contributed by atoms with Gasteiger partial charge in [0.1, 0.15) is 0 Å². The molecule has 2 rings (SSSR count). The van der Waals surface area contributed by atoms with Crippen molar-refractivity contribution in [2.45, 2.75) is 39.5 Å². The van der Waals surface area contributed by atoms with Crippen LogP contribution in [-0.2, 0) is 0 Å². The number of aromatic amines is 1. The molecule has 21 heavy (non-hydrogen) atoms. The number of unbranched alkanes of at least 4 members (excludes halogenated alkanes) is 2. The maximum Gasteiger partial charge on any atom is 0.274 e. The van der Waals surface area contributed by atoms with Crippen LogP contribution in [0.4, 0.5) is 5.69 Å². The molecule has 1 aromatic heterocycles. The van der Waals surface area contributed by atoms with E-state index < -0.39 is 0 Å². The Morgan fingerprint density at radius 2 is 1.90 bits per heavy atom. The Hall–Kier alpha value is -2.04. The highest BCUT2D eigenvalue weighted by Crippen LogP contribution is 2.20. The highest BCUT2D eigenvalue weighted by Gasteiger charge is 2.20. The molecule has 0 aliphatic heterocycles. The molecule has 5 nitrogen and oxygen atoms in total. The highest BCUT2D eigenvalue weighted by atomic mass is 16.2. The Kier molecular flexibility index (Phi) is 5.20. The first-order valence-electron chi connectivity index (χ1n) is 7.70. The molecule has 0 radical (unpaired) electrons. The summed E-state index contributed by atoms with van der Waals surface area (Å²) in [5.41, 5.74) is 7.79. The smallest absolute Gasteiger partial charge is 0.274 e. The van der Waals surface area contributed by atoms with Crippen molar-refractivity contribution in [2.24, 2.45) is 0 Å². The fourth-order valence-corrected chi connectivity index (χ4v) is 2.36. The molecule has 0 bridgehead atoms. The minimum atomic E-state index is -0.00579. The Labute approximate surface area is 125 Å². The second-order valence-corrected chi connectivity index (χ2v) is 5.38. The molecule has 1 amide bonds. The number of rotatable bonds is 7. The SMILES string of the molecule is CCCCN(CCCC)C(=O)c1n[nH]c2ccc(N)cc12. The van der Waals surface area contributed by atoms with Crippen molar-refractivity contribution in [2.75, 3.05) is 18.8 Å². The Bertz CT molecular complexity index is 597. The Morgan fingerprint density at radius 1 is 1.24 bits per heavy atom. The molecule has 0 atom stereocenters. The summed E-state index contributed by atoms with van der Waals surface area (Å²) in [6.45, 7) is 5.83. The number of nitrogens with one attached hydrogen (secondary N) is 1. The van der Waals surface area contributed by atoms with E-state index in [4.69, 9.17) is 5.73 Å². The quantitative estimate of drug-likeness (QED) is 0.768. The van der Waals surface area contributed by atoms with Gasteiger partial charge in [-0.05, 0) is 31.0 Å². The van der Waals surface area contributed by atoms with Gasteiger partial charge in [-0.3, -0.25) is 9.89 Å². The van der Waals surface area contributed by atoms with Crippen LogP contribution >= 0.6 is 0 Å². The highest BCUT2D eigenvalue weighted by molar-refractivity contribution is 6.05. The number of fused-ring (bicyclic) bond motifs is 1. The summed E-state index contributed by atoms with van der Waals surface area (Å²) in [7, 11) is 0. The van der Waals surface area contributed by atoms with Crippen molar-refractivity contribution >= 4 is 22.5 Å². The molecule has 0 unspecified atom stereocenters. The van der Waals surface area contributed by atoms with E-state index in [1.165, 1.54) is 0 Å². The van der Waals surface area contributed by atoms with E-state index in [9.17, 15) is 4.79 Å². The molecule has 0 aliphatic carbocycles. The van der Waals surface area contributed by atoms with Crippen molar-refractivity contribution in [1.29, 1.82) is 0 Å². The number of nitrogen functional groups attached to an aromatic ring is 1. The van der Waals surface area contributed by atoms with E-state index in [-0.39, 0.29) is 5.91 Å². The van der Waals surface area contributed by atoms with Gasteiger partial charge in [0.15, 0.2) is 5.69 Å². The largest absolute Gasteiger partial charge is 0.399 e. The Balaban J connectivity index is 2.26. The number of benzene rings is 1. The van der Waals surface area contributed by atoms with Gasteiger partial charge in [-0.1, -0.05) is 26.7 Å². The lowest BCUT2D eigenvalue weighted by atomic mass is 10.1. The zero-order valence-corrected chi connectivity index (χ0v) is 12.9. The summed E-state index contributed by atoms with van der Waals surface area (Å²) >= 11 is 0. The predicted molar refractivity (Wildman–Crippen MR) is 86.2 cm³/mol. The van der Waals surface area contributed by atoms with Crippen LogP contribution in [0, 0.1) is 0 Å². The van der Waals surface area contributed by atoms with Crippen LogP contribution in [0.2, 0.25) is 0 Å². The molecule has 3 N–H and O–H groups in total. The van der Waals surface area contributed by atoms with Gasteiger partial charge in [0.2, 0.25) is 0 Å². The number of nitrogens with zero attached hydrogens (tertiary/aromatic N) is 2. The standard InChI is InChI=1S/C16H24N4O/c1-3-5-9-20(10-6-4-2)16(21)15-13-11-12(17)7-8-14(13)18-19-15/h7-8,11H,3-6,9-10,17H2,1-2H3,(H,18,19). The van der Waals surface area contributed by atoms with Gasteiger partial charge in [0.25, 0.3) is 5.91 Å². The van der Waals surface area contributed by atoms with E-state index in [1.807, 2.05) is 17.0 Å². The lowest BCUT2D eigenvalue weighted by Crippen LogP contribution is -2.33. The number of aromatic nitrogens is 2. The van der Waals surface area contributed by atoms with Crippen LogP contribution in [0.15, 0.2) is 18.2 Å². The fourth-order valence-electron chi connectivity index (χ4n) is 2.36. The van der Waals surface area contributed by atoms with E-state index in [0.29, 0.717) is 11.4 Å². The van der Waals surface area contributed by atoms with Gasteiger partial charge >= 0.3 is 0 Å². The number of hydrogen-bond acceptors (Lipinski definition) is 3. The third kappa shape index (κ3) is 3.54. The number of carbonyl (C=O) groups is 1. The van der Waals surface area contributed by atoms with E-state index in [0.717, 1.165) is 49.7 Å². The first kappa shape index (κ1) is 15.4. The first-order chi connectivity index (χ1) is 10.2. The predicted octanol–water partition coefficient (Wildman–Crippen LogP) is 3.19. The summed E-state index contributed by atoms with van der Waals surface area (Å²) in [5.74, 6) is -0.00579. The molecular weight excluding hydrogens is 264 g/mol. The maximum absolute atomic E-state index is 12.7. The summed E-state index contributed by atoms with van der Waals surface area (Å²) in [4.78, 5) is 14.7. The van der Waals surface area contributed by atoms with Crippen molar-refractivity contribution in [1.82, 2.24) is 15.1 Å². The van der Waals surface area contributed by atoms with Gasteiger partial charge in [0, 0.05) is 24.2 Å². The lowest BCUT2D eigenvalue weighted by molar-refractivity contribution is 0.0747. The number of amides is 1. The normalized spacial score (nSPS) is 11.0. The zero-order chi connectivity index (χ0) is 15.2. The van der Waals surface area contributed by atoms with Gasteiger partial charge in [-0.2, -0.15) is 5.10 Å². The molecule has 1 heterocycles. The first-order valence-corrected chi connectivity index (χ1v) is 7.70. The van der Waals surface area contributed by atoms with E-state index in [2.05, 4.69) is 24.0 Å². The molecule has 0 spiro atoms. The monoisotopic (exact) mass is 288 g/mol. The molecule has 114 valence electrons. The second-order valence-electron chi connectivity index (χ2n) is 5.38. The molecular formula is C16H24N4O. The van der Waals surface area contributed by atoms with Crippen LogP contribution in [0.3, 0.4) is 0 Å². The summed E-state index contributed by atoms with van der Waals surface area (Å²) in [5, 5.41) is 7.92. The summed E-state index contributed by atoms with van der Waals surface area (Å²) in [6, 6.07) is 5.47.